The zero-order valence-electron chi connectivity index (χ0n) is 10.2. The molecule has 1 N–H and O–H groups in total. The summed E-state index contributed by atoms with van der Waals surface area (Å²) in [6.45, 7) is 5.10. The highest BCUT2D eigenvalue weighted by Crippen LogP contribution is 2.28. The monoisotopic (exact) mass is 240 g/mol. The number of ether oxygens (including phenoxy) is 1. The molecule has 4 heteroatoms. The molecule has 0 saturated carbocycles. The van der Waals surface area contributed by atoms with Crippen LogP contribution in [0.25, 0.3) is 0 Å². The highest BCUT2D eigenvalue weighted by atomic mass is 19.1. The molecule has 0 amide bonds. The second kappa shape index (κ2) is 5.17. The van der Waals surface area contributed by atoms with Gasteiger partial charge in [-0.3, -0.25) is 4.79 Å². The van der Waals surface area contributed by atoms with Crippen LogP contribution in [0.2, 0.25) is 0 Å². The summed E-state index contributed by atoms with van der Waals surface area (Å²) < 4.78 is 18.3. The Hall–Kier alpha value is -1.58. The quantitative estimate of drug-likeness (QED) is 0.860. The van der Waals surface area contributed by atoms with Crippen molar-refractivity contribution in [3.8, 4) is 5.75 Å². The van der Waals surface area contributed by atoms with E-state index in [1.165, 1.54) is 24.3 Å². The second-order valence-corrected chi connectivity index (χ2v) is 4.50. The molecular weight excluding hydrogens is 223 g/mol. The average molecular weight is 240 g/mol. The lowest BCUT2D eigenvalue weighted by Gasteiger charge is -2.30. The summed E-state index contributed by atoms with van der Waals surface area (Å²) in [5.41, 5.74) is -0.983. The van der Waals surface area contributed by atoms with Crippen LogP contribution in [-0.4, -0.2) is 17.2 Å². The zero-order chi connectivity index (χ0) is 13.1. The molecule has 1 unspecified atom stereocenters. The molecule has 0 aromatic heterocycles. The third-order valence-electron chi connectivity index (χ3n) is 2.82. The van der Waals surface area contributed by atoms with Crippen LogP contribution >= 0.6 is 0 Å². The van der Waals surface area contributed by atoms with Crippen LogP contribution in [-0.2, 0) is 4.79 Å². The Labute approximate surface area is 100 Å². The van der Waals surface area contributed by atoms with E-state index in [2.05, 4.69) is 0 Å². The van der Waals surface area contributed by atoms with E-state index in [4.69, 9.17) is 9.84 Å². The lowest BCUT2D eigenvalue weighted by Crippen LogP contribution is -2.40. The fourth-order valence-corrected chi connectivity index (χ4v) is 1.56. The number of carbonyl (C=O) groups is 1. The van der Waals surface area contributed by atoms with Gasteiger partial charge in [0.25, 0.3) is 0 Å². The molecule has 17 heavy (non-hydrogen) atoms. The van der Waals surface area contributed by atoms with Gasteiger partial charge in [0.2, 0.25) is 0 Å². The van der Waals surface area contributed by atoms with E-state index in [9.17, 15) is 9.18 Å². The van der Waals surface area contributed by atoms with Crippen LogP contribution in [0.5, 0.6) is 5.75 Å². The maximum Gasteiger partial charge on any atom is 0.312 e. The number of hydrogen-bond acceptors (Lipinski definition) is 2. The van der Waals surface area contributed by atoms with E-state index in [0.717, 1.165) is 0 Å². The molecule has 0 aliphatic rings. The van der Waals surface area contributed by atoms with Gasteiger partial charge in [-0.15, -0.1) is 0 Å². The Bertz CT molecular complexity index is 384. The van der Waals surface area contributed by atoms with Crippen LogP contribution in [0, 0.1) is 11.2 Å². The van der Waals surface area contributed by atoms with Gasteiger partial charge in [-0.05, 0) is 44.5 Å². The molecule has 0 radical (unpaired) electrons. The molecule has 0 fully saturated rings. The summed E-state index contributed by atoms with van der Waals surface area (Å²) in [6.07, 6.45) is 0.113. The van der Waals surface area contributed by atoms with Crippen molar-refractivity contribution in [2.45, 2.75) is 33.3 Å². The predicted molar refractivity (Wildman–Crippen MR) is 62.5 cm³/mol. The Morgan fingerprint density at radius 3 is 2.35 bits per heavy atom. The maximum atomic E-state index is 12.7. The van der Waals surface area contributed by atoms with Gasteiger partial charge in [0.05, 0.1) is 5.41 Å². The van der Waals surface area contributed by atoms with Crippen LogP contribution in [0.1, 0.15) is 27.2 Å². The van der Waals surface area contributed by atoms with E-state index >= 15 is 0 Å². The van der Waals surface area contributed by atoms with Gasteiger partial charge >= 0.3 is 5.97 Å². The van der Waals surface area contributed by atoms with Crippen molar-refractivity contribution in [2.75, 3.05) is 0 Å². The van der Waals surface area contributed by atoms with E-state index in [0.29, 0.717) is 12.2 Å². The molecule has 0 aliphatic heterocycles. The number of halogens is 1. The van der Waals surface area contributed by atoms with Crippen LogP contribution in [0.15, 0.2) is 24.3 Å². The summed E-state index contributed by atoms with van der Waals surface area (Å²) in [6, 6.07) is 5.57. The topological polar surface area (TPSA) is 46.5 Å². The number of benzene rings is 1. The van der Waals surface area contributed by atoms with Gasteiger partial charge in [0.15, 0.2) is 0 Å². The first-order valence-electron chi connectivity index (χ1n) is 5.53. The Balaban J connectivity index is 2.83. The standard InChI is InChI=1S/C13H17FO3/c1-4-11(13(2,3)12(15)16)17-10-7-5-9(14)6-8-10/h5-8,11H,4H2,1-3H3,(H,15,16). The molecule has 1 aromatic carbocycles. The molecule has 1 rings (SSSR count). The van der Waals surface area contributed by atoms with Gasteiger partial charge in [0.1, 0.15) is 17.7 Å². The zero-order valence-corrected chi connectivity index (χ0v) is 10.2. The largest absolute Gasteiger partial charge is 0.489 e. The Morgan fingerprint density at radius 1 is 1.41 bits per heavy atom. The van der Waals surface area contributed by atoms with E-state index in [1.807, 2.05) is 6.92 Å². The normalized spacial score (nSPS) is 13.2. The predicted octanol–water partition coefficient (Wildman–Crippen LogP) is 3.09. The first-order valence-corrected chi connectivity index (χ1v) is 5.53. The molecule has 0 spiro atoms. The first-order chi connectivity index (χ1) is 7.87. The smallest absolute Gasteiger partial charge is 0.312 e. The SMILES string of the molecule is CCC(Oc1ccc(F)cc1)C(C)(C)C(=O)O. The Kier molecular flexibility index (Phi) is 4.10. The van der Waals surface area contributed by atoms with Crippen molar-refractivity contribution in [1.82, 2.24) is 0 Å². The van der Waals surface area contributed by atoms with Crippen molar-refractivity contribution in [3.63, 3.8) is 0 Å². The second-order valence-electron chi connectivity index (χ2n) is 4.50. The van der Waals surface area contributed by atoms with Gasteiger partial charge in [-0.1, -0.05) is 6.92 Å². The lowest BCUT2D eigenvalue weighted by molar-refractivity contribution is -0.152. The summed E-state index contributed by atoms with van der Waals surface area (Å²) in [7, 11) is 0. The van der Waals surface area contributed by atoms with E-state index in [1.54, 1.807) is 13.8 Å². The van der Waals surface area contributed by atoms with Crippen molar-refractivity contribution in [2.24, 2.45) is 5.41 Å². The van der Waals surface area contributed by atoms with Gasteiger partial charge in [0, 0.05) is 0 Å². The van der Waals surface area contributed by atoms with Crippen molar-refractivity contribution < 1.29 is 19.0 Å². The van der Waals surface area contributed by atoms with E-state index < -0.39 is 17.5 Å². The summed E-state index contributed by atoms with van der Waals surface area (Å²) in [5.74, 6) is -0.776. The number of aliphatic carboxylic acids is 1. The summed E-state index contributed by atoms with van der Waals surface area (Å²) in [5, 5.41) is 9.12. The lowest BCUT2D eigenvalue weighted by atomic mass is 9.85. The maximum absolute atomic E-state index is 12.7. The molecule has 3 nitrogen and oxygen atoms in total. The molecule has 94 valence electrons. The van der Waals surface area contributed by atoms with Crippen molar-refractivity contribution >= 4 is 5.97 Å². The average Bonchev–Trinajstić information content (AvgIpc) is 2.27. The summed E-state index contributed by atoms with van der Waals surface area (Å²) >= 11 is 0. The third kappa shape index (κ3) is 3.19. The molecule has 0 saturated heterocycles. The van der Waals surface area contributed by atoms with Gasteiger partial charge in [-0.25, -0.2) is 4.39 Å². The summed E-state index contributed by atoms with van der Waals surface area (Å²) in [4.78, 5) is 11.1. The first kappa shape index (κ1) is 13.5. The fraction of sp³-hybridized carbons (Fsp3) is 0.462. The van der Waals surface area contributed by atoms with Crippen molar-refractivity contribution in [1.29, 1.82) is 0 Å². The highest BCUT2D eigenvalue weighted by Gasteiger charge is 2.37. The highest BCUT2D eigenvalue weighted by molar-refractivity contribution is 5.74. The number of carboxylic acids is 1. The van der Waals surface area contributed by atoms with Gasteiger partial charge < -0.3 is 9.84 Å². The fourth-order valence-electron chi connectivity index (χ4n) is 1.56. The molecular formula is C13H17FO3. The number of carboxylic acid groups (broad SMARTS) is 1. The molecule has 1 atom stereocenters. The number of rotatable bonds is 5. The molecule has 0 aliphatic carbocycles. The minimum Gasteiger partial charge on any atom is -0.489 e. The Morgan fingerprint density at radius 2 is 1.94 bits per heavy atom. The van der Waals surface area contributed by atoms with Crippen LogP contribution in [0.4, 0.5) is 4.39 Å². The third-order valence-corrected chi connectivity index (χ3v) is 2.82. The van der Waals surface area contributed by atoms with E-state index in [-0.39, 0.29) is 5.82 Å². The minimum atomic E-state index is -0.983. The number of hydrogen-bond donors (Lipinski definition) is 1. The van der Waals surface area contributed by atoms with Crippen LogP contribution < -0.4 is 4.74 Å². The molecule has 0 bridgehead atoms. The molecule has 1 aromatic rings. The van der Waals surface area contributed by atoms with Crippen molar-refractivity contribution in [3.05, 3.63) is 30.1 Å². The molecule has 0 heterocycles. The van der Waals surface area contributed by atoms with Gasteiger partial charge in [-0.2, -0.15) is 0 Å². The van der Waals surface area contributed by atoms with Crippen LogP contribution in [0.3, 0.4) is 0 Å². The minimum absolute atomic E-state index is 0.345.